The number of phenolic OH excluding ortho intramolecular Hbond substituents is 1. The summed E-state index contributed by atoms with van der Waals surface area (Å²) in [5.41, 5.74) is -3.06. The highest BCUT2D eigenvalue weighted by atomic mass is 79.9. The van der Waals surface area contributed by atoms with E-state index < -0.39 is 92.6 Å². The normalized spacial score (nSPS) is 30.8. The molecule has 6 unspecified atom stereocenters. The number of rotatable bonds is 3. The van der Waals surface area contributed by atoms with Crippen LogP contribution in [0, 0.1) is 31.6 Å². The largest absolute Gasteiger partial charge is 0.507 e. The van der Waals surface area contributed by atoms with Crippen molar-refractivity contribution in [2.24, 2.45) is 17.8 Å². The van der Waals surface area contributed by atoms with Gasteiger partial charge in [0.2, 0.25) is 11.8 Å². The number of amides is 4. The first-order valence-electron chi connectivity index (χ1n) is 14.2. The van der Waals surface area contributed by atoms with E-state index in [-0.39, 0.29) is 23.7 Å². The van der Waals surface area contributed by atoms with Crippen LogP contribution >= 0.6 is 39.1 Å². The maximum Gasteiger partial charge on any atom is 0.416 e. The second kappa shape index (κ2) is 10.7. The summed E-state index contributed by atoms with van der Waals surface area (Å²) in [5, 5.41) is 10.5. The van der Waals surface area contributed by atoms with Crippen molar-refractivity contribution in [3.05, 3.63) is 69.8 Å². The molecule has 47 heavy (non-hydrogen) atoms. The first-order valence-corrected chi connectivity index (χ1v) is 16.0. The van der Waals surface area contributed by atoms with Gasteiger partial charge >= 0.3 is 12.4 Å². The number of alkyl halides is 9. The van der Waals surface area contributed by atoms with Gasteiger partial charge in [-0.1, -0.05) is 39.7 Å². The molecule has 2 saturated heterocycles. The lowest BCUT2D eigenvalue weighted by molar-refractivity contribution is -0.143. The molecule has 250 valence electrons. The molecule has 4 amide bonds. The van der Waals surface area contributed by atoms with Crippen LogP contribution in [0.2, 0.25) is 0 Å². The Labute approximate surface area is 281 Å². The molecule has 6 atom stereocenters. The van der Waals surface area contributed by atoms with E-state index in [2.05, 4.69) is 15.9 Å². The molecule has 2 aromatic rings. The minimum Gasteiger partial charge on any atom is -0.507 e. The van der Waals surface area contributed by atoms with Crippen LogP contribution in [-0.2, 0) is 31.5 Å². The number of aryl methyl sites for hydroxylation is 2. The van der Waals surface area contributed by atoms with Gasteiger partial charge in [0.15, 0.2) is 9.75 Å². The standard InChI is InChI=1S/C31H23BrCl2F6N2O5/c1-12-5-14(6-13(2)23(12)43)22-18-3-4-19-21(20(18)10-28(33)26(46)41(11-32)27(47)29(22,28)34)25(45)42(24(19)44)17-8-15(30(35,36)37)7-16(9-17)31(38,39)40/h3,5-9,19-22,43H,4,10-11H2,1-2H3. The lowest BCUT2D eigenvalue weighted by Gasteiger charge is -2.51. The number of carbonyl (C=O) groups is 4. The Kier molecular flexibility index (Phi) is 7.69. The number of anilines is 1. The molecule has 4 aliphatic rings. The third-order valence-corrected chi connectivity index (χ3v) is 11.6. The van der Waals surface area contributed by atoms with E-state index in [1.54, 1.807) is 32.1 Å². The van der Waals surface area contributed by atoms with E-state index in [0.717, 1.165) is 4.90 Å². The fourth-order valence-corrected chi connectivity index (χ4v) is 9.03. The molecule has 2 aliphatic carbocycles. The highest BCUT2D eigenvalue weighted by molar-refractivity contribution is 9.09. The first-order chi connectivity index (χ1) is 21.7. The van der Waals surface area contributed by atoms with Gasteiger partial charge in [-0.25, -0.2) is 4.90 Å². The smallest absolute Gasteiger partial charge is 0.416 e. The Morgan fingerprint density at radius 2 is 1.43 bits per heavy atom. The number of fused-ring (bicyclic) bond motifs is 4. The molecule has 0 radical (unpaired) electrons. The van der Waals surface area contributed by atoms with E-state index >= 15 is 0 Å². The molecular weight excluding hydrogens is 745 g/mol. The van der Waals surface area contributed by atoms with Gasteiger partial charge in [-0.3, -0.25) is 24.1 Å². The van der Waals surface area contributed by atoms with E-state index in [4.69, 9.17) is 23.2 Å². The number of phenols is 1. The fourth-order valence-electron chi connectivity index (χ4n) is 7.60. The predicted octanol–water partition coefficient (Wildman–Crippen LogP) is 6.96. The van der Waals surface area contributed by atoms with Crippen molar-refractivity contribution in [2.45, 2.75) is 54.7 Å². The van der Waals surface area contributed by atoms with Crippen LogP contribution in [0.4, 0.5) is 32.0 Å². The number of nitrogens with zero attached hydrogens (tertiary/aromatic N) is 2. The van der Waals surface area contributed by atoms with Crippen LogP contribution < -0.4 is 4.90 Å². The summed E-state index contributed by atoms with van der Waals surface area (Å²) in [6.45, 7) is 3.19. The number of carbonyl (C=O) groups excluding carboxylic acids is 4. The second-order valence-electron chi connectivity index (χ2n) is 12.3. The van der Waals surface area contributed by atoms with Crippen molar-refractivity contribution in [1.82, 2.24) is 4.90 Å². The topological polar surface area (TPSA) is 95.0 Å². The molecule has 0 spiro atoms. The van der Waals surface area contributed by atoms with Crippen LogP contribution in [0.25, 0.3) is 0 Å². The Hall–Kier alpha value is -3.10. The van der Waals surface area contributed by atoms with E-state index in [1.807, 2.05) is 0 Å². The molecule has 16 heteroatoms. The van der Waals surface area contributed by atoms with Gasteiger partial charge in [0.05, 0.1) is 34.1 Å². The van der Waals surface area contributed by atoms with Gasteiger partial charge in [0.1, 0.15) is 5.75 Å². The van der Waals surface area contributed by atoms with Crippen LogP contribution in [-0.4, -0.2) is 48.8 Å². The molecule has 2 aliphatic heterocycles. The fraction of sp³-hybridized carbons (Fsp3) is 0.419. The second-order valence-corrected chi connectivity index (χ2v) is 14.0. The van der Waals surface area contributed by atoms with Crippen LogP contribution in [0.3, 0.4) is 0 Å². The Balaban J connectivity index is 1.52. The van der Waals surface area contributed by atoms with Crippen LogP contribution in [0.15, 0.2) is 42.0 Å². The predicted molar refractivity (Wildman–Crippen MR) is 160 cm³/mol. The zero-order valence-corrected chi connectivity index (χ0v) is 27.4. The molecule has 6 rings (SSSR count). The maximum atomic E-state index is 14.1. The van der Waals surface area contributed by atoms with Crippen molar-refractivity contribution < 1.29 is 50.6 Å². The lowest BCUT2D eigenvalue weighted by Crippen LogP contribution is -2.60. The molecule has 2 heterocycles. The summed E-state index contributed by atoms with van der Waals surface area (Å²) in [6.07, 6.45) is -9.49. The summed E-state index contributed by atoms with van der Waals surface area (Å²) in [4.78, 5) is 52.3. The number of imide groups is 2. The molecule has 2 aromatic carbocycles. The Morgan fingerprint density at radius 3 is 1.94 bits per heavy atom. The van der Waals surface area contributed by atoms with E-state index in [9.17, 15) is 50.6 Å². The third kappa shape index (κ3) is 4.67. The average Bonchev–Trinajstić information content (AvgIpc) is 3.32. The molecule has 0 bridgehead atoms. The molecule has 3 fully saturated rings. The molecule has 1 N–H and O–H groups in total. The van der Waals surface area contributed by atoms with Crippen molar-refractivity contribution in [1.29, 1.82) is 0 Å². The van der Waals surface area contributed by atoms with Crippen LogP contribution in [0.5, 0.6) is 5.75 Å². The minimum absolute atomic E-state index is 0.0398. The van der Waals surface area contributed by atoms with Gasteiger partial charge in [-0.2, -0.15) is 26.3 Å². The Morgan fingerprint density at radius 1 is 0.872 bits per heavy atom. The first kappa shape index (κ1) is 33.8. The number of aromatic hydroxyl groups is 1. The van der Waals surface area contributed by atoms with E-state index in [0.29, 0.717) is 39.3 Å². The summed E-state index contributed by atoms with van der Waals surface area (Å²) in [5.74, 6) is -8.66. The van der Waals surface area contributed by atoms with Crippen LogP contribution in [0.1, 0.15) is 46.6 Å². The number of benzene rings is 2. The van der Waals surface area contributed by atoms with Crippen molar-refractivity contribution >= 4 is 68.4 Å². The summed E-state index contributed by atoms with van der Waals surface area (Å²) >= 11 is 17.4. The zero-order valence-electron chi connectivity index (χ0n) is 24.3. The minimum atomic E-state index is -5.23. The van der Waals surface area contributed by atoms with Gasteiger partial charge < -0.3 is 5.11 Å². The Bertz CT molecular complexity index is 1760. The zero-order chi connectivity index (χ0) is 34.8. The van der Waals surface area contributed by atoms with Gasteiger partial charge in [-0.05, 0) is 67.5 Å². The number of halogens is 9. The monoisotopic (exact) mass is 766 g/mol. The highest BCUT2D eigenvalue weighted by Gasteiger charge is 2.76. The van der Waals surface area contributed by atoms with Crippen molar-refractivity contribution in [3.8, 4) is 5.75 Å². The van der Waals surface area contributed by atoms with E-state index in [1.165, 1.54) is 0 Å². The molecule has 1 saturated carbocycles. The quantitative estimate of drug-likeness (QED) is 0.120. The lowest BCUT2D eigenvalue weighted by atomic mass is 9.56. The summed E-state index contributed by atoms with van der Waals surface area (Å²) < 4.78 is 82.1. The molecule has 0 aromatic heterocycles. The summed E-state index contributed by atoms with van der Waals surface area (Å²) in [7, 11) is 0. The van der Waals surface area contributed by atoms with Crippen molar-refractivity contribution in [3.63, 3.8) is 0 Å². The van der Waals surface area contributed by atoms with Gasteiger partial charge in [0, 0.05) is 5.92 Å². The number of hydrogen-bond acceptors (Lipinski definition) is 5. The average molecular weight is 768 g/mol. The summed E-state index contributed by atoms with van der Waals surface area (Å²) in [6, 6.07) is 3.61. The molecule has 7 nitrogen and oxygen atoms in total. The third-order valence-electron chi connectivity index (χ3n) is 9.69. The van der Waals surface area contributed by atoms with Crippen molar-refractivity contribution in [2.75, 3.05) is 10.4 Å². The number of likely N-dealkylation sites (tertiary alicyclic amines) is 1. The maximum absolute atomic E-state index is 14.1. The number of hydrogen-bond donors (Lipinski definition) is 1. The number of allylic oxidation sites excluding steroid dienone is 2. The highest BCUT2D eigenvalue weighted by Crippen LogP contribution is 2.66. The SMILES string of the molecule is Cc1cc(C2C3=CCC4C(=O)N(c5cc(C(F)(F)F)cc(C(F)(F)F)c5)C(=O)C4C3CC3(Cl)C(=O)N(CBr)C(=O)C23Cl)cc(C)c1O. The van der Waals surface area contributed by atoms with Gasteiger partial charge in [-0.15, -0.1) is 23.2 Å². The molecular formula is C31H23BrCl2F6N2O5. The van der Waals surface area contributed by atoms with Gasteiger partial charge in [0.25, 0.3) is 11.8 Å².